The van der Waals surface area contributed by atoms with Crippen LogP contribution in [0, 0.1) is 17.2 Å². The number of carboxylic acid groups (broad SMARTS) is 1. The van der Waals surface area contributed by atoms with Crippen molar-refractivity contribution < 1.29 is 19.1 Å². The van der Waals surface area contributed by atoms with E-state index in [9.17, 15) is 14.0 Å². The van der Waals surface area contributed by atoms with Crippen molar-refractivity contribution in [3.8, 4) is 0 Å². The fraction of sp³-hybridized carbons (Fsp3) is 0.467. The zero-order valence-corrected chi connectivity index (χ0v) is 11.5. The molecule has 3 N–H and O–H groups in total. The number of anilines is 1. The number of amides is 2. The minimum absolute atomic E-state index is 0.238. The van der Waals surface area contributed by atoms with Gasteiger partial charge in [0.15, 0.2) is 0 Å². The van der Waals surface area contributed by atoms with Crippen molar-refractivity contribution >= 4 is 17.7 Å². The Morgan fingerprint density at radius 1 is 1.33 bits per heavy atom. The molecule has 0 spiro atoms. The second-order valence-electron chi connectivity index (χ2n) is 5.91. The van der Waals surface area contributed by atoms with Gasteiger partial charge in [-0.05, 0) is 49.1 Å². The van der Waals surface area contributed by atoms with Gasteiger partial charge in [0, 0.05) is 6.54 Å². The number of halogens is 1. The number of nitrogens with one attached hydrogen (secondary N) is 2. The maximum absolute atomic E-state index is 13.7. The second kappa shape index (κ2) is 5.02. The highest BCUT2D eigenvalue weighted by atomic mass is 19.1. The Labute approximate surface area is 121 Å². The predicted octanol–water partition coefficient (Wildman–Crippen LogP) is 2.84. The molecule has 0 aliphatic heterocycles. The molecule has 2 aliphatic rings. The van der Waals surface area contributed by atoms with E-state index in [1.807, 2.05) is 0 Å². The average Bonchev–Trinajstić information content (AvgIpc) is 3.31. The van der Waals surface area contributed by atoms with Crippen LogP contribution in [0.1, 0.15) is 36.0 Å². The van der Waals surface area contributed by atoms with Gasteiger partial charge in [-0.3, -0.25) is 0 Å². The topological polar surface area (TPSA) is 78.4 Å². The Balaban J connectivity index is 1.63. The highest BCUT2D eigenvalue weighted by Gasteiger charge is 2.53. The zero-order valence-electron chi connectivity index (χ0n) is 11.5. The summed E-state index contributed by atoms with van der Waals surface area (Å²) in [5, 5.41) is 14.1. The number of carboxylic acids is 1. The van der Waals surface area contributed by atoms with E-state index in [0.717, 1.165) is 18.9 Å². The molecule has 2 saturated carbocycles. The lowest BCUT2D eigenvalue weighted by Gasteiger charge is -2.16. The molecule has 2 fully saturated rings. The first-order chi connectivity index (χ1) is 10.0. The van der Waals surface area contributed by atoms with Crippen LogP contribution >= 0.6 is 0 Å². The number of hydrogen-bond acceptors (Lipinski definition) is 2. The van der Waals surface area contributed by atoms with E-state index >= 15 is 0 Å². The minimum atomic E-state index is -1.28. The number of carbonyl (C=O) groups is 2. The summed E-state index contributed by atoms with van der Waals surface area (Å²) in [7, 11) is 0. The van der Waals surface area contributed by atoms with E-state index < -0.39 is 17.8 Å². The second-order valence-corrected chi connectivity index (χ2v) is 5.91. The van der Waals surface area contributed by atoms with Crippen LogP contribution in [0.25, 0.3) is 0 Å². The van der Waals surface area contributed by atoms with Gasteiger partial charge >= 0.3 is 12.0 Å². The Morgan fingerprint density at radius 2 is 2.05 bits per heavy atom. The minimum Gasteiger partial charge on any atom is -0.478 e. The number of rotatable bonds is 5. The van der Waals surface area contributed by atoms with Gasteiger partial charge in [-0.15, -0.1) is 0 Å². The smallest absolute Gasteiger partial charge is 0.337 e. The number of urea groups is 1. The molecule has 0 bridgehead atoms. The standard InChI is InChI=1S/C15H17FN2O3/c16-11-3-1-2-10(13(19)20)12(11)18-14(21)17-8-15(6-7-15)9-4-5-9/h1-3,9H,4-8H2,(H,19,20)(H2,17,18,21). The summed E-state index contributed by atoms with van der Waals surface area (Å²) in [4.78, 5) is 22.9. The van der Waals surface area contributed by atoms with Crippen molar-refractivity contribution in [2.75, 3.05) is 11.9 Å². The molecular formula is C15H17FN2O3. The number of carbonyl (C=O) groups excluding carboxylic acids is 1. The van der Waals surface area contributed by atoms with Crippen LogP contribution in [0.3, 0.4) is 0 Å². The van der Waals surface area contributed by atoms with Crippen LogP contribution in [0.15, 0.2) is 18.2 Å². The molecule has 0 unspecified atom stereocenters. The lowest BCUT2D eigenvalue weighted by atomic mass is 10.0. The molecule has 0 heterocycles. The van der Waals surface area contributed by atoms with Crippen molar-refractivity contribution in [1.82, 2.24) is 5.32 Å². The summed E-state index contributed by atoms with van der Waals surface area (Å²) in [6.45, 7) is 0.570. The fourth-order valence-electron chi connectivity index (χ4n) is 2.83. The molecule has 5 nitrogen and oxygen atoms in total. The quantitative estimate of drug-likeness (QED) is 0.781. The first kappa shape index (κ1) is 13.9. The highest BCUT2D eigenvalue weighted by molar-refractivity contribution is 6.00. The van der Waals surface area contributed by atoms with Gasteiger partial charge in [0.05, 0.1) is 11.3 Å². The van der Waals surface area contributed by atoms with Gasteiger partial charge in [0.1, 0.15) is 5.82 Å². The van der Waals surface area contributed by atoms with E-state index in [0.29, 0.717) is 12.5 Å². The van der Waals surface area contributed by atoms with Crippen LogP contribution in [-0.2, 0) is 0 Å². The van der Waals surface area contributed by atoms with Gasteiger partial charge in [-0.2, -0.15) is 0 Å². The number of para-hydroxylation sites is 1. The molecule has 3 rings (SSSR count). The molecule has 1 aromatic rings. The van der Waals surface area contributed by atoms with Crippen LogP contribution in [-0.4, -0.2) is 23.7 Å². The van der Waals surface area contributed by atoms with Gasteiger partial charge < -0.3 is 15.7 Å². The van der Waals surface area contributed by atoms with Crippen molar-refractivity contribution in [1.29, 1.82) is 0 Å². The maximum Gasteiger partial charge on any atom is 0.337 e. The number of benzene rings is 1. The Bertz CT molecular complexity index is 595. The molecule has 21 heavy (non-hydrogen) atoms. The first-order valence-electron chi connectivity index (χ1n) is 7.08. The lowest BCUT2D eigenvalue weighted by molar-refractivity contribution is 0.0697. The molecule has 0 saturated heterocycles. The van der Waals surface area contributed by atoms with E-state index in [1.54, 1.807) is 0 Å². The molecule has 0 radical (unpaired) electrons. The monoisotopic (exact) mass is 292 g/mol. The SMILES string of the molecule is O=C(NCC1(C2CC2)CC1)Nc1c(F)cccc1C(=O)O. The first-order valence-corrected chi connectivity index (χ1v) is 7.08. The van der Waals surface area contributed by atoms with Crippen LogP contribution in [0.5, 0.6) is 0 Å². The maximum atomic E-state index is 13.7. The summed E-state index contributed by atoms with van der Waals surface area (Å²) in [6, 6.07) is 3.12. The summed E-state index contributed by atoms with van der Waals surface area (Å²) in [5.41, 5.74) is -0.311. The molecule has 0 atom stereocenters. The van der Waals surface area contributed by atoms with E-state index in [2.05, 4.69) is 10.6 Å². The molecule has 1 aromatic carbocycles. The van der Waals surface area contributed by atoms with Gasteiger partial charge in [-0.25, -0.2) is 14.0 Å². The molecule has 6 heteroatoms. The van der Waals surface area contributed by atoms with Crippen LogP contribution in [0.4, 0.5) is 14.9 Å². The fourth-order valence-corrected chi connectivity index (χ4v) is 2.83. The Kier molecular flexibility index (Phi) is 3.31. The third-order valence-electron chi connectivity index (χ3n) is 4.42. The summed E-state index contributed by atoms with van der Waals surface area (Å²) in [6.07, 6.45) is 4.69. The molecule has 0 aromatic heterocycles. The van der Waals surface area contributed by atoms with E-state index in [1.165, 1.54) is 25.0 Å². The third kappa shape index (κ3) is 2.84. The summed E-state index contributed by atoms with van der Waals surface area (Å²) >= 11 is 0. The van der Waals surface area contributed by atoms with Crippen molar-refractivity contribution in [2.45, 2.75) is 25.7 Å². The molecular weight excluding hydrogens is 275 g/mol. The lowest BCUT2D eigenvalue weighted by Crippen LogP contribution is -2.35. The number of aromatic carboxylic acids is 1. The molecule has 112 valence electrons. The Hall–Kier alpha value is -2.11. The van der Waals surface area contributed by atoms with Gasteiger partial charge in [0.2, 0.25) is 0 Å². The Morgan fingerprint density at radius 3 is 2.62 bits per heavy atom. The van der Waals surface area contributed by atoms with Crippen molar-refractivity contribution in [3.63, 3.8) is 0 Å². The van der Waals surface area contributed by atoms with Gasteiger partial charge in [-0.1, -0.05) is 6.07 Å². The predicted molar refractivity (Wildman–Crippen MR) is 74.8 cm³/mol. The van der Waals surface area contributed by atoms with Crippen LogP contribution in [0.2, 0.25) is 0 Å². The third-order valence-corrected chi connectivity index (χ3v) is 4.42. The van der Waals surface area contributed by atoms with Crippen molar-refractivity contribution in [3.05, 3.63) is 29.6 Å². The van der Waals surface area contributed by atoms with E-state index in [4.69, 9.17) is 5.11 Å². The zero-order chi connectivity index (χ0) is 15.0. The average molecular weight is 292 g/mol. The van der Waals surface area contributed by atoms with Gasteiger partial charge in [0.25, 0.3) is 0 Å². The summed E-state index contributed by atoms with van der Waals surface area (Å²) < 4.78 is 13.7. The normalized spacial score (nSPS) is 18.9. The largest absolute Gasteiger partial charge is 0.478 e. The highest BCUT2D eigenvalue weighted by Crippen LogP contribution is 2.60. The van der Waals surface area contributed by atoms with E-state index in [-0.39, 0.29) is 16.7 Å². The van der Waals surface area contributed by atoms with Crippen molar-refractivity contribution in [2.24, 2.45) is 11.3 Å². The van der Waals surface area contributed by atoms with Crippen LogP contribution < -0.4 is 10.6 Å². The number of hydrogen-bond donors (Lipinski definition) is 3. The molecule has 2 aliphatic carbocycles. The summed E-state index contributed by atoms with van der Waals surface area (Å²) in [5.74, 6) is -1.32. The molecule has 2 amide bonds.